The van der Waals surface area contributed by atoms with Gasteiger partial charge in [-0.25, -0.2) is 8.42 Å². The number of aryl methyl sites for hydroxylation is 1. The Labute approximate surface area is 222 Å². The monoisotopic (exact) mass is 561 g/mol. The zero-order valence-corrected chi connectivity index (χ0v) is 23.2. The zero-order valence-electron chi connectivity index (χ0n) is 20.1. The number of anilines is 1. The van der Waals surface area contributed by atoms with Gasteiger partial charge < -0.3 is 10.2 Å². The highest BCUT2D eigenvalue weighted by Gasteiger charge is 2.30. The number of hydrogen-bond acceptors (Lipinski definition) is 4. The van der Waals surface area contributed by atoms with E-state index < -0.39 is 28.5 Å². The van der Waals surface area contributed by atoms with Crippen LogP contribution >= 0.6 is 34.8 Å². The summed E-state index contributed by atoms with van der Waals surface area (Å²) in [6.45, 7) is 5.33. The summed E-state index contributed by atoms with van der Waals surface area (Å²) in [4.78, 5) is 27.7. The number of rotatable bonds is 11. The Morgan fingerprint density at radius 3 is 2.31 bits per heavy atom. The number of benzene rings is 2. The van der Waals surface area contributed by atoms with E-state index in [0.29, 0.717) is 27.2 Å². The molecular weight excluding hydrogens is 533 g/mol. The number of amides is 2. The van der Waals surface area contributed by atoms with Gasteiger partial charge in [-0.2, -0.15) is 0 Å². The van der Waals surface area contributed by atoms with Crippen LogP contribution in [0.4, 0.5) is 5.69 Å². The number of carbonyl (C=O) groups excluding carboxylic acids is 2. The molecule has 0 bridgehead atoms. The first-order valence-electron chi connectivity index (χ1n) is 11.1. The first kappa shape index (κ1) is 29.2. The number of nitrogens with one attached hydrogen (secondary N) is 1. The molecule has 0 fully saturated rings. The molecule has 2 amide bonds. The number of nitrogens with zero attached hydrogens (tertiary/aromatic N) is 2. The Kier molecular flexibility index (Phi) is 10.7. The van der Waals surface area contributed by atoms with E-state index >= 15 is 0 Å². The molecule has 2 aromatic carbocycles. The summed E-state index contributed by atoms with van der Waals surface area (Å²) in [6.07, 6.45) is 2.71. The van der Waals surface area contributed by atoms with E-state index in [1.54, 1.807) is 44.2 Å². The lowest BCUT2D eigenvalue weighted by molar-refractivity contribution is -0.139. The fourth-order valence-electron chi connectivity index (χ4n) is 3.30. The molecule has 0 radical (unpaired) electrons. The predicted octanol–water partition coefficient (Wildman–Crippen LogP) is 5.05. The summed E-state index contributed by atoms with van der Waals surface area (Å²) in [5, 5.41) is 3.96. The zero-order chi connectivity index (χ0) is 26.3. The van der Waals surface area contributed by atoms with Crippen LogP contribution in [-0.4, -0.2) is 50.5 Å². The summed E-state index contributed by atoms with van der Waals surface area (Å²) in [5.41, 5.74) is 1.59. The van der Waals surface area contributed by atoms with Crippen molar-refractivity contribution in [1.82, 2.24) is 10.2 Å². The van der Waals surface area contributed by atoms with E-state index in [1.807, 2.05) is 6.92 Å². The molecule has 0 saturated carbocycles. The lowest BCUT2D eigenvalue weighted by Gasteiger charge is -2.31. The highest BCUT2D eigenvalue weighted by Crippen LogP contribution is 2.26. The summed E-state index contributed by atoms with van der Waals surface area (Å²) >= 11 is 18.5. The Morgan fingerprint density at radius 1 is 1.06 bits per heavy atom. The van der Waals surface area contributed by atoms with Crippen LogP contribution in [0.15, 0.2) is 36.4 Å². The minimum atomic E-state index is -3.84. The molecule has 192 valence electrons. The topological polar surface area (TPSA) is 86.8 Å². The minimum Gasteiger partial charge on any atom is -0.354 e. The van der Waals surface area contributed by atoms with E-state index in [4.69, 9.17) is 34.8 Å². The summed E-state index contributed by atoms with van der Waals surface area (Å²) in [5.74, 6) is -0.919. The third-order valence-electron chi connectivity index (χ3n) is 5.48. The molecule has 0 saturated heterocycles. The van der Waals surface area contributed by atoms with Gasteiger partial charge in [-0.1, -0.05) is 60.3 Å². The Bertz CT molecular complexity index is 1170. The number of carbonyl (C=O) groups is 2. The molecule has 0 aromatic heterocycles. The van der Waals surface area contributed by atoms with Gasteiger partial charge in [0, 0.05) is 28.2 Å². The summed E-state index contributed by atoms with van der Waals surface area (Å²) in [6, 6.07) is 8.71. The Hall–Kier alpha value is -2.00. The van der Waals surface area contributed by atoms with Crippen LogP contribution < -0.4 is 9.62 Å². The summed E-state index contributed by atoms with van der Waals surface area (Å²) < 4.78 is 26.2. The molecule has 7 nitrogen and oxygen atoms in total. The molecule has 1 N–H and O–H groups in total. The maximum absolute atomic E-state index is 13.5. The highest BCUT2D eigenvalue weighted by molar-refractivity contribution is 7.92. The van der Waals surface area contributed by atoms with Gasteiger partial charge in [-0.3, -0.25) is 13.9 Å². The number of hydrogen-bond donors (Lipinski definition) is 1. The van der Waals surface area contributed by atoms with Crippen molar-refractivity contribution in [2.75, 3.05) is 23.7 Å². The third-order valence-corrected chi connectivity index (χ3v) is 7.61. The SMILES string of the molecule is CCCCNC(=O)C(C)N(Cc1ccc(Cl)cc1Cl)C(=O)CN(c1ccc(C)c(Cl)c1)S(C)(=O)=O. The van der Waals surface area contributed by atoms with Crippen molar-refractivity contribution >= 4 is 62.3 Å². The first-order chi connectivity index (χ1) is 16.3. The van der Waals surface area contributed by atoms with Gasteiger partial charge >= 0.3 is 0 Å². The van der Waals surface area contributed by atoms with Crippen LogP contribution in [-0.2, 0) is 26.2 Å². The number of unbranched alkanes of at least 4 members (excludes halogenated alkanes) is 1. The van der Waals surface area contributed by atoms with Crippen LogP contribution in [0.5, 0.6) is 0 Å². The molecule has 0 spiro atoms. The fourth-order valence-corrected chi connectivity index (χ4v) is 4.79. The lowest BCUT2D eigenvalue weighted by atomic mass is 10.1. The second kappa shape index (κ2) is 12.8. The Balaban J connectivity index is 2.40. The second-order valence-corrected chi connectivity index (χ2v) is 11.4. The first-order valence-corrected chi connectivity index (χ1v) is 14.1. The maximum Gasteiger partial charge on any atom is 0.244 e. The van der Waals surface area contributed by atoms with Crippen LogP contribution in [0, 0.1) is 6.92 Å². The van der Waals surface area contributed by atoms with Gasteiger partial charge in [0.05, 0.1) is 11.9 Å². The molecule has 0 aliphatic carbocycles. The lowest BCUT2D eigenvalue weighted by Crippen LogP contribution is -2.51. The van der Waals surface area contributed by atoms with Crippen molar-refractivity contribution in [3.05, 3.63) is 62.6 Å². The van der Waals surface area contributed by atoms with Crippen molar-refractivity contribution in [2.24, 2.45) is 0 Å². The second-order valence-electron chi connectivity index (χ2n) is 8.28. The van der Waals surface area contributed by atoms with Gasteiger partial charge in [0.1, 0.15) is 12.6 Å². The van der Waals surface area contributed by atoms with Gasteiger partial charge in [0.2, 0.25) is 21.8 Å². The van der Waals surface area contributed by atoms with Crippen LogP contribution in [0.25, 0.3) is 0 Å². The highest BCUT2D eigenvalue weighted by atomic mass is 35.5. The minimum absolute atomic E-state index is 0.0105. The number of sulfonamides is 1. The van der Waals surface area contributed by atoms with Crippen LogP contribution in [0.2, 0.25) is 15.1 Å². The molecule has 2 aromatic rings. The molecule has 0 aliphatic heterocycles. The van der Waals surface area contributed by atoms with Crippen molar-refractivity contribution in [2.45, 2.75) is 46.2 Å². The van der Waals surface area contributed by atoms with Crippen LogP contribution in [0.1, 0.15) is 37.8 Å². The Morgan fingerprint density at radius 2 is 1.74 bits per heavy atom. The van der Waals surface area contributed by atoms with Crippen molar-refractivity contribution < 1.29 is 18.0 Å². The molecule has 0 aliphatic rings. The van der Waals surface area contributed by atoms with Crippen LogP contribution in [0.3, 0.4) is 0 Å². The standard InChI is InChI=1S/C24H30Cl3N3O4S/c1-5-6-11-28-24(32)17(3)29(14-18-8-9-19(25)12-22(18)27)23(31)15-30(35(4,33)34)20-10-7-16(2)21(26)13-20/h7-10,12-13,17H,5-6,11,14-15H2,1-4H3,(H,28,32). The average Bonchev–Trinajstić information content (AvgIpc) is 2.77. The molecule has 0 heterocycles. The van der Waals surface area contributed by atoms with Gasteiger partial charge in [-0.15, -0.1) is 0 Å². The molecule has 35 heavy (non-hydrogen) atoms. The smallest absolute Gasteiger partial charge is 0.244 e. The normalized spacial score (nSPS) is 12.2. The van der Waals surface area contributed by atoms with Gasteiger partial charge in [0.15, 0.2) is 0 Å². The van der Waals surface area contributed by atoms with Gasteiger partial charge in [-0.05, 0) is 55.7 Å². The molecule has 11 heteroatoms. The number of halogens is 3. The summed E-state index contributed by atoms with van der Waals surface area (Å²) in [7, 11) is -3.84. The molecular formula is C24H30Cl3N3O4S. The third kappa shape index (κ3) is 8.27. The molecule has 2 rings (SSSR count). The van der Waals surface area contributed by atoms with E-state index in [9.17, 15) is 18.0 Å². The van der Waals surface area contributed by atoms with E-state index in [-0.39, 0.29) is 18.1 Å². The van der Waals surface area contributed by atoms with Gasteiger partial charge in [0.25, 0.3) is 0 Å². The largest absolute Gasteiger partial charge is 0.354 e. The predicted molar refractivity (Wildman–Crippen MR) is 143 cm³/mol. The van der Waals surface area contributed by atoms with E-state index in [1.165, 1.54) is 11.0 Å². The van der Waals surface area contributed by atoms with E-state index in [2.05, 4.69) is 5.32 Å². The van der Waals surface area contributed by atoms with Crippen molar-refractivity contribution in [3.8, 4) is 0 Å². The average molecular weight is 563 g/mol. The van der Waals surface area contributed by atoms with E-state index in [0.717, 1.165) is 29.0 Å². The quantitative estimate of drug-likeness (QED) is 0.388. The van der Waals surface area contributed by atoms with Crippen molar-refractivity contribution in [1.29, 1.82) is 0 Å². The van der Waals surface area contributed by atoms with Crippen molar-refractivity contribution in [3.63, 3.8) is 0 Å². The molecule has 1 atom stereocenters. The maximum atomic E-state index is 13.5. The fraction of sp³-hybridized carbons (Fsp3) is 0.417. The molecule has 1 unspecified atom stereocenters.